The Morgan fingerprint density at radius 3 is 2.31 bits per heavy atom. The second kappa shape index (κ2) is 4.89. The molecule has 1 aromatic rings. The number of rotatable bonds is 3. The van der Waals surface area contributed by atoms with Gasteiger partial charge < -0.3 is 5.32 Å². The van der Waals surface area contributed by atoms with E-state index in [2.05, 4.69) is 27.8 Å². The molecule has 0 saturated carbocycles. The van der Waals surface area contributed by atoms with Gasteiger partial charge in [-0.15, -0.1) is 0 Å². The lowest BCUT2D eigenvalue weighted by Gasteiger charge is -2.05. The van der Waals surface area contributed by atoms with Gasteiger partial charge in [0.25, 0.3) is 0 Å². The highest BCUT2D eigenvalue weighted by Crippen LogP contribution is 2.22. The fourth-order valence-electron chi connectivity index (χ4n) is 0.854. The van der Waals surface area contributed by atoms with Crippen LogP contribution < -0.4 is 5.32 Å². The van der Waals surface area contributed by atoms with E-state index in [1.165, 1.54) is 0 Å². The summed E-state index contributed by atoms with van der Waals surface area (Å²) in [7, 11) is 0. The Hall–Kier alpha value is -0.180. The van der Waals surface area contributed by atoms with E-state index in [4.69, 9.17) is 23.2 Å². The SMILES string of the molecule is C=C(Br)CNc1cc(Cl)cc(Cl)c1. The number of hydrogen-bond acceptors (Lipinski definition) is 1. The molecule has 0 heterocycles. The molecule has 1 rings (SSSR count). The second-order valence-corrected chi connectivity index (χ2v) is 4.52. The molecule has 70 valence electrons. The van der Waals surface area contributed by atoms with Crippen molar-refractivity contribution in [3.63, 3.8) is 0 Å². The van der Waals surface area contributed by atoms with Crippen molar-refractivity contribution in [1.29, 1.82) is 0 Å². The van der Waals surface area contributed by atoms with Crippen molar-refractivity contribution in [2.45, 2.75) is 0 Å². The van der Waals surface area contributed by atoms with Gasteiger partial charge in [0.05, 0.1) is 0 Å². The molecule has 0 saturated heterocycles. The largest absolute Gasteiger partial charge is 0.380 e. The maximum Gasteiger partial charge on any atom is 0.0460 e. The normalized spacial score (nSPS) is 9.77. The van der Waals surface area contributed by atoms with Crippen LogP contribution >= 0.6 is 39.1 Å². The van der Waals surface area contributed by atoms with Crippen molar-refractivity contribution in [3.05, 3.63) is 39.3 Å². The highest BCUT2D eigenvalue weighted by Gasteiger charge is 1.97. The Kier molecular flexibility index (Phi) is 4.10. The summed E-state index contributed by atoms with van der Waals surface area (Å²) in [4.78, 5) is 0. The number of halogens is 3. The summed E-state index contributed by atoms with van der Waals surface area (Å²) in [6.45, 7) is 4.35. The minimum absolute atomic E-state index is 0.621. The minimum atomic E-state index is 0.621. The molecule has 0 atom stereocenters. The van der Waals surface area contributed by atoms with E-state index in [0.717, 1.165) is 10.2 Å². The van der Waals surface area contributed by atoms with E-state index < -0.39 is 0 Å². The summed E-state index contributed by atoms with van der Waals surface area (Å²) in [6.07, 6.45) is 0. The molecule has 0 unspecified atom stereocenters. The predicted molar refractivity (Wildman–Crippen MR) is 63.0 cm³/mol. The van der Waals surface area contributed by atoms with E-state index >= 15 is 0 Å². The van der Waals surface area contributed by atoms with Crippen LogP contribution in [0.5, 0.6) is 0 Å². The van der Waals surface area contributed by atoms with Crippen LogP contribution in [0.2, 0.25) is 10.0 Å². The Bertz CT molecular complexity index is 305. The third kappa shape index (κ3) is 4.03. The fourth-order valence-corrected chi connectivity index (χ4v) is 1.52. The zero-order valence-electron chi connectivity index (χ0n) is 6.78. The Labute approximate surface area is 95.9 Å². The van der Waals surface area contributed by atoms with Crippen molar-refractivity contribution in [1.82, 2.24) is 0 Å². The molecule has 4 heteroatoms. The van der Waals surface area contributed by atoms with Crippen LogP contribution in [0.25, 0.3) is 0 Å². The molecule has 0 radical (unpaired) electrons. The molecule has 1 aromatic carbocycles. The van der Waals surface area contributed by atoms with Crippen LogP contribution in [-0.2, 0) is 0 Å². The van der Waals surface area contributed by atoms with Gasteiger partial charge in [-0.3, -0.25) is 0 Å². The van der Waals surface area contributed by atoms with Crippen molar-refractivity contribution >= 4 is 44.8 Å². The summed E-state index contributed by atoms with van der Waals surface area (Å²) >= 11 is 14.9. The highest BCUT2D eigenvalue weighted by atomic mass is 79.9. The first-order valence-electron chi connectivity index (χ1n) is 3.61. The number of anilines is 1. The average molecular weight is 281 g/mol. The third-order valence-electron chi connectivity index (χ3n) is 1.35. The van der Waals surface area contributed by atoms with Crippen LogP contribution in [0, 0.1) is 0 Å². The molecule has 0 aliphatic rings. The molecule has 1 N–H and O–H groups in total. The van der Waals surface area contributed by atoms with Crippen LogP contribution in [0.4, 0.5) is 5.69 Å². The van der Waals surface area contributed by atoms with Gasteiger partial charge in [-0.05, 0) is 18.2 Å². The van der Waals surface area contributed by atoms with E-state index in [-0.39, 0.29) is 0 Å². The molecule has 1 nitrogen and oxygen atoms in total. The molecule has 0 spiro atoms. The Morgan fingerprint density at radius 1 is 1.31 bits per heavy atom. The van der Waals surface area contributed by atoms with E-state index in [1.807, 2.05) is 12.1 Å². The van der Waals surface area contributed by atoms with Gasteiger partial charge in [0.15, 0.2) is 0 Å². The first-order chi connectivity index (χ1) is 6.08. The highest BCUT2D eigenvalue weighted by molar-refractivity contribution is 9.11. The van der Waals surface area contributed by atoms with Gasteiger partial charge in [0.2, 0.25) is 0 Å². The molecular formula is C9H8BrCl2N. The smallest absolute Gasteiger partial charge is 0.0460 e. The van der Waals surface area contributed by atoms with Crippen molar-refractivity contribution < 1.29 is 0 Å². The minimum Gasteiger partial charge on any atom is -0.380 e. The zero-order valence-corrected chi connectivity index (χ0v) is 9.88. The summed E-state index contributed by atoms with van der Waals surface area (Å²) < 4.78 is 0.878. The molecule has 0 amide bonds. The van der Waals surface area contributed by atoms with E-state index in [0.29, 0.717) is 16.6 Å². The average Bonchev–Trinajstić information content (AvgIpc) is 1.99. The van der Waals surface area contributed by atoms with Gasteiger partial charge in [0, 0.05) is 26.8 Å². The van der Waals surface area contributed by atoms with Crippen LogP contribution in [0.15, 0.2) is 29.3 Å². The van der Waals surface area contributed by atoms with Crippen molar-refractivity contribution in [3.8, 4) is 0 Å². The topological polar surface area (TPSA) is 12.0 Å². The van der Waals surface area contributed by atoms with E-state index in [1.54, 1.807) is 6.07 Å². The van der Waals surface area contributed by atoms with Gasteiger partial charge in [-0.2, -0.15) is 0 Å². The molecule has 13 heavy (non-hydrogen) atoms. The first-order valence-corrected chi connectivity index (χ1v) is 5.16. The van der Waals surface area contributed by atoms with Crippen LogP contribution in [0.1, 0.15) is 0 Å². The maximum absolute atomic E-state index is 5.81. The molecule has 0 aliphatic carbocycles. The maximum atomic E-state index is 5.81. The summed E-state index contributed by atoms with van der Waals surface area (Å²) in [5.74, 6) is 0. The lowest BCUT2D eigenvalue weighted by molar-refractivity contribution is 1.33. The summed E-state index contributed by atoms with van der Waals surface area (Å²) in [6, 6.07) is 5.31. The van der Waals surface area contributed by atoms with Gasteiger partial charge in [-0.25, -0.2) is 0 Å². The number of hydrogen-bond donors (Lipinski definition) is 1. The lowest BCUT2D eigenvalue weighted by Crippen LogP contribution is -2.00. The first kappa shape index (κ1) is 10.9. The molecule has 0 bridgehead atoms. The van der Waals surface area contributed by atoms with E-state index in [9.17, 15) is 0 Å². The summed E-state index contributed by atoms with van der Waals surface area (Å²) in [5, 5.41) is 4.35. The Balaban J connectivity index is 2.71. The van der Waals surface area contributed by atoms with Gasteiger partial charge >= 0.3 is 0 Å². The fraction of sp³-hybridized carbons (Fsp3) is 0.111. The van der Waals surface area contributed by atoms with Crippen LogP contribution in [-0.4, -0.2) is 6.54 Å². The quantitative estimate of drug-likeness (QED) is 0.870. The second-order valence-electron chi connectivity index (χ2n) is 2.53. The predicted octanol–water partition coefficient (Wildman–Crippen LogP) is 4.31. The molecule has 0 aromatic heterocycles. The van der Waals surface area contributed by atoms with Crippen molar-refractivity contribution in [2.24, 2.45) is 0 Å². The zero-order chi connectivity index (χ0) is 9.84. The van der Waals surface area contributed by atoms with Gasteiger partial charge in [0.1, 0.15) is 0 Å². The Morgan fingerprint density at radius 2 is 1.85 bits per heavy atom. The summed E-state index contributed by atoms with van der Waals surface area (Å²) in [5.41, 5.74) is 0.887. The van der Waals surface area contributed by atoms with Crippen molar-refractivity contribution in [2.75, 3.05) is 11.9 Å². The lowest BCUT2D eigenvalue weighted by atomic mass is 10.3. The molecule has 0 aliphatic heterocycles. The van der Waals surface area contributed by atoms with Gasteiger partial charge in [-0.1, -0.05) is 45.7 Å². The van der Waals surface area contributed by atoms with Crippen LogP contribution in [0.3, 0.4) is 0 Å². The standard InChI is InChI=1S/C9H8BrCl2N/c1-6(10)5-13-9-3-7(11)2-8(12)4-9/h2-4,13H,1,5H2. The number of benzene rings is 1. The third-order valence-corrected chi connectivity index (χ3v) is 2.06. The monoisotopic (exact) mass is 279 g/mol. The molecule has 0 fully saturated rings. The number of nitrogens with one attached hydrogen (secondary N) is 1. The molecular weight excluding hydrogens is 273 g/mol.